The van der Waals surface area contributed by atoms with E-state index in [9.17, 15) is 14.7 Å². The van der Waals surface area contributed by atoms with Gasteiger partial charge in [0, 0.05) is 23.9 Å². The molecule has 0 radical (unpaired) electrons. The molecule has 9 heteroatoms. The molecule has 0 spiro atoms. The number of carboxylic acids is 1. The van der Waals surface area contributed by atoms with Crippen LogP contribution in [0.1, 0.15) is 27.2 Å². The van der Waals surface area contributed by atoms with E-state index in [2.05, 4.69) is 0 Å². The standard InChI is InChI=1S/C27H23NO7.K/c1-32-18-9-7-16(8-10-18)11-20-24(27(30)31)28(21-6-4-3-5-19(21)25(20)29)14-17-12-22(33-2)26-23(13-17)34-15-35-26;/h3-10,12-13H,11,14-15H2,1-2H3,(H,30,31);/q;+1/p-1. The minimum absolute atomic E-state index is 0. The van der Waals surface area contributed by atoms with E-state index < -0.39 is 5.97 Å². The molecule has 3 aromatic carbocycles. The second-order valence-corrected chi connectivity index (χ2v) is 8.10. The summed E-state index contributed by atoms with van der Waals surface area (Å²) >= 11 is 0. The van der Waals surface area contributed by atoms with Gasteiger partial charge in [-0.05, 0) is 47.5 Å². The van der Waals surface area contributed by atoms with Crippen LogP contribution in [0.15, 0.2) is 65.5 Å². The first-order chi connectivity index (χ1) is 17.0. The molecule has 4 aromatic rings. The molecule has 1 aliphatic rings. The van der Waals surface area contributed by atoms with Crippen molar-refractivity contribution < 1.29 is 80.2 Å². The van der Waals surface area contributed by atoms with Gasteiger partial charge in [-0.15, -0.1) is 0 Å². The number of nitrogens with zero attached hydrogens (tertiary/aromatic N) is 1. The maximum absolute atomic E-state index is 13.5. The van der Waals surface area contributed by atoms with E-state index in [1.165, 1.54) is 7.11 Å². The molecule has 0 saturated heterocycles. The van der Waals surface area contributed by atoms with Crippen molar-refractivity contribution in [2.45, 2.75) is 13.0 Å². The van der Waals surface area contributed by atoms with E-state index in [-0.39, 0.29) is 87.8 Å². The number of aromatic carboxylic acids is 1. The number of carbonyl (C=O) groups excluding carboxylic acids is 1. The Kier molecular flexibility index (Phi) is 8.06. The molecule has 36 heavy (non-hydrogen) atoms. The van der Waals surface area contributed by atoms with E-state index >= 15 is 0 Å². The van der Waals surface area contributed by atoms with Crippen LogP contribution < -0.4 is 80.9 Å². The summed E-state index contributed by atoms with van der Waals surface area (Å²) in [5.74, 6) is 0.735. The van der Waals surface area contributed by atoms with Gasteiger partial charge >= 0.3 is 51.4 Å². The summed E-state index contributed by atoms with van der Waals surface area (Å²) in [5, 5.41) is 12.9. The molecule has 178 valence electrons. The van der Waals surface area contributed by atoms with Crippen LogP contribution in [0.5, 0.6) is 23.0 Å². The first kappa shape index (κ1) is 26.2. The first-order valence-electron chi connectivity index (χ1n) is 11.0. The minimum atomic E-state index is -1.43. The number of methoxy groups -OCH3 is 2. The van der Waals surface area contributed by atoms with E-state index in [4.69, 9.17) is 18.9 Å². The monoisotopic (exact) mass is 511 g/mol. The first-order valence-corrected chi connectivity index (χ1v) is 11.0. The number of fused-ring (bicyclic) bond motifs is 2. The number of carboxylic acid groups (broad SMARTS) is 1. The van der Waals surface area contributed by atoms with Crippen molar-refractivity contribution >= 4 is 16.9 Å². The minimum Gasteiger partial charge on any atom is -0.543 e. The van der Waals surface area contributed by atoms with Crippen molar-refractivity contribution in [3.8, 4) is 23.0 Å². The predicted molar refractivity (Wildman–Crippen MR) is 127 cm³/mol. The van der Waals surface area contributed by atoms with Crippen LogP contribution in [0.25, 0.3) is 10.9 Å². The maximum Gasteiger partial charge on any atom is 1.00 e. The van der Waals surface area contributed by atoms with Gasteiger partial charge in [-0.1, -0.05) is 24.3 Å². The second kappa shape index (κ2) is 11.1. The zero-order chi connectivity index (χ0) is 24.5. The van der Waals surface area contributed by atoms with Gasteiger partial charge in [0.2, 0.25) is 12.5 Å². The molecule has 1 aliphatic heterocycles. The Labute approximate surface area is 249 Å². The molecule has 5 rings (SSSR count). The molecule has 0 atom stereocenters. The van der Waals surface area contributed by atoms with Gasteiger partial charge in [-0.2, -0.15) is 0 Å². The quantitative estimate of drug-likeness (QED) is 0.316. The van der Waals surface area contributed by atoms with Gasteiger partial charge in [0.15, 0.2) is 16.9 Å². The van der Waals surface area contributed by atoms with Crippen LogP contribution in [0.2, 0.25) is 0 Å². The summed E-state index contributed by atoms with van der Waals surface area (Å²) in [7, 11) is 3.09. The molecule has 8 nitrogen and oxygen atoms in total. The van der Waals surface area contributed by atoms with Gasteiger partial charge in [0.25, 0.3) is 0 Å². The summed E-state index contributed by atoms with van der Waals surface area (Å²) < 4.78 is 23.2. The number of hydrogen-bond donors (Lipinski definition) is 0. The third-order valence-corrected chi connectivity index (χ3v) is 6.06. The van der Waals surface area contributed by atoms with Crippen molar-refractivity contribution in [3.63, 3.8) is 0 Å². The fraction of sp³-hybridized carbons (Fsp3) is 0.185. The summed E-state index contributed by atoms with van der Waals surface area (Å²) in [6.45, 7) is 0.221. The van der Waals surface area contributed by atoms with Crippen LogP contribution in [-0.4, -0.2) is 31.5 Å². The van der Waals surface area contributed by atoms with Crippen LogP contribution in [0, 0.1) is 0 Å². The van der Waals surface area contributed by atoms with Gasteiger partial charge in [0.05, 0.1) is 31.4 Å². The van der Waals surface area contributed by atoms with Crippen molar-refractivity contribution in [3.05, 3.63) is 93.3 Å². The fourth-order valence-electron chi connectivity index (χ4n) is 4.42. The van der Waals surface area contributed by atoms with Gasteiger partial charge < -0.3 is 33.4 Å². The summed E-state index contributed by atoms with van der Waals surface area (Å²) in [6.07, 6.45) is 0.126. The van der Waals surface area contributed by atoms with Crippen LogP contribution in [-0.2, 0) is 13.0 Å². The van der Waals surface area contributed by atoms with Crippen molar-refractivity contribution in [1.82, 2.24) is 4.57 Å². The number of ether oxygens (including phenoxy) is 4. The van der Waals surface area contributed by atoms with E-state index in [0.29, 0.717) is 33.9 Å². The number of carbonyl (C=O) groups is 1. The SMILES string of the molecule is COc1ccc(Cc2c(C(=O)[O-])n(Cc3cc(OC)c4c(c3)OCO4)c3ccccc3c2=O)cc1.[K+]. The molecule has 1 aromatic heterocycles. The van der Waals surface area contributed by atoms with Gasteiger partial charge in [-0.25, -0.2) is 0 Å². The average Bonchev–Trinajstić information content (AvgIpc) is 3.35. The topological polar surface area (TPSA) is 99.1 Å². The molecular formula is C27H22KNO7. The predicted octanol–water partition coefficient (Wildman–Crippen LogP) is -0.246. The fourth-order valence-corrected chi connectivity index (χ4v) is 4.42. The zero-order valence-electron chi connectivity index (χ0n) is 20.2. The molecule has 0 saturated carbocycles. The van der Waals surface area contributed by atoms with Gasteiger partial charge in [0.1, 0.15) is 5.75 Å². The molecule has 0 bridgehead atoms. The number of pyridine rings is 1. The molecule has 0 aliphatic carbocycles. The number of para-hydroxylation sites is 1. The number of hydrogen-bond acceptors (Lipinski definition) is 7. The molecule has 0 N–H and O–H groups in total. The van der Waals surface area contributed by atoms with E-state index in [1.54, 1.807) is 72.3 Å². The second-order valence-electron chi connectivity index (χ2n) is 8.10. The van der Waals surface area contributed by atoms with Crippen molar-refractivity contribution in [2.24, 2.45) is 0 Å². The maximum atomic E-state index is 13.5. The molecule has 0 amide bonds. The number of aromatic nitrogens is 1. The molecule has 0 unspecified atom stereocenters. The van der Waals surface area contributed by atoms with Crippen molar-refractivity contribution in [1.29, 1.82) is 0 Å². The van der Waals surface area contributed by atoms with E-state index in [0.717, 1.165) is 11.1 Å². The summed E-state index contributed by atoms with van der Waals surface area (Å²) in [6, 6.07) is 17.6. The Hall–Kier alpha value is -2.82. The van der Waals surface area contributed by atoms with Gasteiger partial charge in [-0.3, -0.25) is 4.79 Å². The normalized spacial score (nSPS) is 11.7. The summed E-state index contributed by atoms with van der Waals surface area (Å²) in [5.41, 5.74) is 1.64. The zero-order valence-corrected chi connectivity index (χ0v) is 23.3. The Morgan fingerprint density at radius 3 is 2.44 bits per heavy atom. The number of benzene rings is 3. The summed E-state index contributed by atoms with van der Waals surface area (Å²) in [4.78, 5) is 25.9. The third kappa shape index (κ3) is 4.89. The smallest absolute Gasteiger partial charge is 0.543 e. The average molecular weight is 512 g/mol. The number of rotatable bonds is 7. The molecule has 2 heterocycles. The van der Waals surface area contributed by atoms with E-state index in [1.807, 2.05) is 0 Å². The van der Waals surface area contributed by atoms with Crippen LogP contribution >= 0.6 is 0 Å². The Morgan fingerprint density at radius 1 is 1.00 bits per heavy atom. The largest absolute Gasteiger partial charge is 1.00 e. The Bertz CT molecular complexity index is 1500. The van der Waals surface area contributed by atoms with Crippen LogP contribution in [0.4, 0.5) is 0 Å². The third-order valence-electron chi connectivity index (χ3n) is 6.06. The van der Waals surface area contributed by atoms with Crippen molar-refractivity contribution in [2.75, 3.05) is 21.0 Å². The Morgan fingerprint density at radius 2 is 1.75 bits per heavy atom. The van der Waals surface area contributed by atoms with Crippen LogP contribution in [0.3, 0.4) is 0 Å². The Balaban J connectivity index is 0.00000304. The molecule has 0 fully saturated rings. The molecular weight excluding hydrogens is 489 g/mol.